The number of rotatable bonds is 8. The van der Waals surface area contributed by atoms with Crippen LogP contribution in [0.3, 0.4) is 0 Å². The quantitative estimate of drug-likeness (QED) is 0.263. The van der Waals surface area contributed by atoms with Gasteiger partial charge in [-0.2, -0.15) is 0 Å². The average molecular weight is 558 g/mol. The Morgan fingerprint density at radius 2 is 1.81 bits per heavy atom. The van der Waals surface area contributed by atoms with E-state index in [0.717, 1.165) is 29.7 Å². The first-order valence-electron chi connectivity index (χ1n) is 9.87. The topological polar surface area (TPSA) is 99.7 Å². The number of benzene rings is 2. The number of aryl methyl sites for hydroxylation is 1. The van der Waals surface area contributed by atoms with Crippen LogP contribution in [-0.4, -0.2) is 46.7 Å². The summed E-state index contributed by atoms with van der Waals surface area (Å²) in [7, 11) is -1.61. The Morgan fingerprint density at radius 1 is 1.06 bits per heavy atom. The van der Waals surface area contributed by atoms with Crippen LogP contribution in [0.2, 0.25) is 0 Å². The number of amides is 1. The molecular weight excluding hydrogens is 527 g/mol. The van der Waals surface area contributed by atoms with Crippen molar-refractivity contribution >= 4 is 45.7 Å². The van der Waals surface area contributed by atoms with Crippen molar-refractivity contribution < 1.29 is 13.2 Å². The van der Waals surface area contributed by atoms with E-state index in [1.807, 2.05) is 31.2 Å². The number of nitrogens with one attached hydrogen (secondary N) is 3. The van der Waals surface area contributed by atoms with Gasteiger partial charge in [-0.15, -0.1) is 24.0 Å². The minimum Gasteiger partial charge on any atom is -0.357 e. The van der Waals surface area contributed by atoms with Gasteiger partial charge < -0.3 is 16.0 Å². The van der Waals surface area contributed by atoms with Crippen LogP contribution < -0.4 is 16.0 Å². The number of aliphatic imine (C=N–C) groups is 1. The normalized spacial score (nSPS) is 11.4. The molecule has 0 bridgehead atoms. The van der Waals surface area contributed by atoms with E-state index in [1.165, 1.54) is 6.26 Å². The van der Waals surface area contributed by atoms with Gasteiger partial charge >= 0.3 is 0 Å². The number of sulfone groups is 1. The fraction of sp³-hybridized carbons (Fsp3) is 0.364. The lowest BCUT2D eigenvalue weighted by Crippen LogP contribution is -2.38. The Balaban J connectivity index is 0.00000480. The number of guanidine groups is 1. The van der Waals surface area contributed by atoms with Gasteiger partial charge in [0.1, 0.15) is 0 Å². The number of hydrogen-bond donors (Lipinski definition) is 3. The molecule has 0 fully saturated rings. The maximum Gasteiger partial charge on any atom is 0.251 e. The van der Waals surface area contributed by atoms with Gasteiger partial charge in [-0.05, 0) is 55.2 Å². The van der Waals surface area contributed by atoms with E-state index in [-0.39, 0.29) is 29.9 Å². The molecule has 0 atom stereocenters. The zero-order chi connectivity index (χ0) is 22.1. The molecule has 31 heavy (non-hydrogen) atoms. The molecule has 0 heterocycles. The third-order valence-corrected chi connectivity index (χ3v) is 5.78. The van der Waals surface area contributed by atoms with E-state index in [4.69, 9.17) is 0 Å². The van der Waals surface area contributed by atoms with Crippen molar-refractivity contribution in [2.24, 2.45) is 4.99 Å². The molecule has 0 spiro atoms. The van der Waals surface area contributed by atoms with Crippen molar-refractivity contribution in [2.45, 2.75) is 31.7 Å². The molecule has 3 N–H and O–H groups in total. The summed E-state index contributed by atoms with van der Waals surface area (Å²) in [6, 6.07) is 12.8. The summed E-state index contributed by atoms with van der Waals surface area (Å²) in [4.78, 5) is 16.7. The molecule has 1 amide bonds. The molecule has 170 valence electrons. The lowest BCUT2D eigenvalue weighted by molar-refractivity contribution is 0.0963. The van der Waals surface area contributed by atoms with Crippen LogP contribution >= 0.6 is 24.0 Å². The zero-order valence-electron chi connectivity index (χ0n) is 18.4. The van der Waals surface area contributed by atoms with Gasteiger partial charge in [-0.1, -0.05) is 24.3 Å². The number of carbonyl (C=O) groups excluding carboxylic acids is 1. The van der Waals surface area contributed by atoms with Crippen LogP contribution in [-0.2, 0) is 22.8 Å². The van der Waals surface area contributed by atoms with Crippen LogP contribution in [0.1, 0.15) is 34.0 Å². The molecule has 0 unspecified atom stereocenters. The van der Waals surface area contributed by atoms with Crippen LogP contribution in [0.15, 0.2) is 52.4 Å². The Hall–Kier alpha value is -2.14. The molecule has 0 aliphatic heterocycles. The molecule has 0 saturated carbocycles. The molecule has 2 aromatic carbocycles. The smallest absolute Gasteiger partial charge is 0.251 e. The van der Waals surface area contributed by atoms with E-state index < -0.39 is 9.84 Å². The van der Waals surface area contributed by atoms with E-state index in [2.05, 4.69) is 20.9 Å². The molecule has 0 aliphatic rings. The minimum absolute atomic E-state index is 0. The van der Waals surface area contributed by atoms with Crippen molar-refractivity contribution in [3.05, 3.63) is 64.7 Å². The molecule has 0 aliphatic carbocycles. The highest BCUT2D eigenvalue weighted by molar-refractivity contribution is 14.0. The lowest BCUT2D eigenvalue weighted by Gasteiger charge is -2.12. The fourth-order valence-electron chi connectivity index (χ4n) is 3.08. The second-order valence-corrected chi connectivity index (χ2v) is 9.01. The maximum atomic E-state index is 11.8. The average Bonchev–Trinajstić information content (AvgIpc) is 2.70. The van der Waals surface area contributed by atoms with E-state index >= 15 is 0 Å². The first-order chi connectivity index (χ1) is 14.2. The molecule has 7 nitrogen and oxygen atoms in total. The Morgan fingerprint density at radius 3 is 2.42 bits per heavy atom. The summed E-state index contributed by atoms with van der Waals surface area (Å²) < 4.78 is 23.5. The second-order valence-electron chi connectivity index (χ2n) is 7.02. The SMILES string of the molecule is CCNC(=NCc1ccc(S(C)(=O)=O)c(C)c1)NCCc1cccc(C(=O)NC)c1.I. The summed E-state index contributed by atoms with van der Waals surface area (Å²) in [5, 5.41) is 9.13. The van der Waals surface area contributed by atoms with Crippen molar-refractivity contribution in [1.29, 1.82) is 0 Å². The summed E-state index contributed by atoms with van der Waals surface area (Å²) >= 11 is 0. The van der Waals surface area contributed by atoms with Gasteiger partial charge in [0.05, 0.1) is 11.4 Å². The van der Waals surface area contributed by atoms with Gasteiger partial charge in [0.2, 0.25) is 0 Å². The Labute approximate surface area is 202 Å². The monoisotopic (exact) mass is 558 g/mol. The van der Waals surface area contributed by atoms with Gasteiger partial charge in [0.25, 0.3) is 5.91 Å². The van der Waals surface area contributed by atoms with Gasteiger partial charge in [0, 0.05) is 32.0 Å². The second kappa shape index (κ2) is 12.7. The molecular formula is C22H31IN4O3S. The van der Waals surface area contributed by atoms with Crippen LogP contribution in [0, 0.1) is 6.92 Å². The summed E-state index contributed by atoms with van der Waals surface area (Å²) in [5.74, 6) is 0.585. The van der Waals surface area contributed by atoms with E-state index in [1.54, 1.807) is 32.2 Å². The zero-order valence-corrected chi connectivity index (χ0v) is 21.5. The molecule has 0 aromatic heterocycles. The minimum atomic E-state index is -3.22. The Kier molecular flexibility index (Phi) is 11.0. The van der Waals surface area contributed by atoms with E-state index in [0.29, 0.717) is 29.5 Å². The third-order valence-electron chi connectivity index (χ3n) is 4.53. The molecule has 9 heteroatoms. The summed E-state index contributed by atoms with van der Waals surface area (Å²) in [5.41, 5.74) is 3.37. The number of nitrogens with zero attached hydrogens (tertiary/aromatic N) is 1. The molecule has 0 radical (unpaired) electrons. The van der Waals surface area contributed by atoms with Gasteiger partial charge in [-0.3, -0.25) is 4.79 Å². The number of carbonyl (C=O) groups is 1. The van der Waals surface area contributed by atoms with Crippen molar-refractivity contribution in [1.82, 2.24) is 16.0 Å². The number of halogens is 1. The van der Waals surface area contributed by atoms with Crippen molar-refractivity contribution in [3.8, 4) is 0 Å². The van der Waals surface area contributed by atoms with Crippen LogP contribution in [0.5, 0.6) is 0 Å². The molecule has 2 aromatic rings. The largest absolute Gasteiger partial charge is 0.357 e. The molecule has 2 rings (SSSR count). The third kappa shape index (κ3) is 8.48. The standard InChI is InChI=1S/C22H30N4O3S.HI/c1-5-24-22(25-12-11-17-7-6-8-19(14-17)21(27)23-3)26-15-18-9-10-20(16(2)13-18)30(4,28)29;/h6-10,13-14H,5,11-12,15H2,1-4H3,(H,23,27)(H2,24,25,26);1H. The van der Waals surface area contributed by atoms with Crippen LogP contribution in [0.4, 0.5) is 0 Å². The highest BCUT2D eigenvalue weighted by Crippen LogP contribution is 2.17. The lowest BCUT2D eigenvalue weighted by atomic mass is 10.1. The highest BCUT2D eigenvalue weighted by Gasteiger charge is 2.11. The highest BCUT2D eigenvalue weighted by atomic mass is 127. The Bertz CT molecular complexity index is 1020. The maximum absolute atomic E-state index is 11.8. The van der Waals surface area contributed by atoms with E-state index in [9.17, 15) is 13.2 Å². The summed E-state index contributed by atoms with van der Waals surface area (Å²) in [6.45, 7) is 5.61. The predicted octanol–water partition coefficient (Wildman–Crippen LogP) is 2.67. The first kappa shape index (κ1) is 26.9. The van der Waals surface area contributed by atoms with Crippen molar-refractivity contribution in [3.63, 3.8) is 0 Å². The van der Waals surface area contributed by atoms with Crippen LogP contribution in [0.25, 0.3) is 0 Å². The predicted molar refractivity (Wildman–Crippen MR) is 136 cm³/mol. The number of hydrogen-bond acceptors (Lipinski definition) is 4. The van der Waals surface area contributed by atoms with Gasteiger partial charge in [0.15, 0.2) is 15.8 Å². The van der Waals surface area contributed by atoms with Crippen molar-refractivity contribution in [2.75, 3.05) is 26.4 Å². The first-order valence-corrected chi connectivity index (χ1v) is 11.8. The fourth-order valence-corrected chi connectivity index (χ4v) is 4.03. The van der Waals surface area contributed by atoms with Gasteiger partial charge in [-0.25, -0.2) is 13.4 Å². The molecule has 0 saturated heterocycles. The summed E-state index contributed by atoms with van der Waals surface area (Å²) in [6.07, 6.45) is 1.96.